The summed E-state index contributed by atoms with van der Waals surface area (Å²) in [5, 5.41) is 6.15. The van der Waals surface area contributed by atoms with Crippen molar-refractivity contribution in [3.05, 3.63) is 30.3 Å². The van der Waals surface area contributed by atoms with Crippen LogP contribution in [0.3, 0.4) is 0 Å². The minimum Gasteiger partial charge on any atom is -0.314 e. The van der Waals surface area contributed by atoms with Gasteiger partial charge in [-0.3, -0.25) is 0 Å². The summed E-state index contributed by atoms with van der Waals surface area (Å²) in [7, 11) is -0.135. The molecule has 1 N–H and O–H groups in total. The maximum Gasteiger partial charge on any atom is 0.00842 e. The third-order valence-corrected chi connectivity index (χ3v) is 8.00. The molecule has 0 saturated carbocycles. The highest BCUT2D eigenvalue weighted by Crippen LogP contribution is 2.64. The number of nitrogens with one attached hydrogen (secondary N) is 1. The molecule has 20 heavy (non-hydrogen) atoms. The lowest BCUT2D eigenvalue weighted by molar-refractivity contribution is 0.356. The molecule has 1 heterocycles. The first-order chi connectivity index (χ1) is 9.37. The van der Waals surface area contributed by atoms with Crippen molar-refractivity contribution in [3.63, 3.8) is 0 Å². The Bertz CT molecular complexity index is 406. The van der Waals surface area contributed by atoms with Crippen LogP contribution in [0.15, 0.2) is 30.3 Å². The first-order valence-electron chi connectivity index (χ1n) is 7.95. The second-order valence-electron chi connectivity index (χ2n) is 7.36. The summed E-state index contributed by atoms with van der Waals surface area (Å²) >= 11 is 0. The molecule has 112 valence electrons. The highest BCUT2D eigenvalue weighted by atomic mass is 31.1. The summed E-state index contributed by atoms with van der Waals surface area (Å²) in [5.74, 6) is 0. The molecule has 0 amide bonds. The molecule has 0 radical (unpaired) electrons. The van der Waals surface area contributed by atoms with Crippen LogP contribution < -0.4 is 10.6 Å². The van der Waals surface area contributed by atoms with Gasteiger partial charge in [-0.1, -0.05) is 72.9 Å². The molecule has 0 bridgehead atoms. The van der Waals surface area contributed by atoms with E-state index in [1.807, 2.05) is 0 Å². The fraction of sp³-hybridized carbons (Fsp3) is 0.667. The second kappa shape index (κ2) is 6.16. The van der Waals surface area contributed by atoms with Crippen LogP contribution in [0.1, 0.15) is 53.9 Å². The molecule has 1 aromatic carbocycles. The van der Waals surface area contributed by atoms with Gasteiger partial charge < -0.3 is 5.32 Å². The average Bonchev–Trinajstić information content (AvgIpc) is 2.34. The summed E-state index contributed by atoms with van der Waals surface area (Å²) in [6.07, 6.45) is 3.83. The van der Waals surface area contributed by atoms with Gasteiger partial charge in [0, 0.05) is 6.04 Å². The summed E-state index contributed by atoms with van der Waals surface area (Å²) in [6.45, 7) is 13.3. The molecular formula is C18H30NP. The maximum absolute atomic E-state index is 3.76. The van der Waals surface area contributed by atoms with Crippen molar-refractivity contribution >= 4 is 13.2 Å². The van der Waals surface area contributed by atoms with Crippen molar-refractivity contribution in [2.75, 3.05) is 6.54 Å². The zero-order valence-electron chi connectivity index (χ0n) is 13.7. The van der Waals surface area contributed by atoms with Crippen molar-refractivity contribution in [1.82, 2.24) is 5.32 Å². The molecular weight excluding hydrogens is 261 g/mol. The molecule has 0 atom stereocenters. The van der Waals surface area contributed by atoms with E-state index < -0.39 is 0 Å². The molecule has 2 heteroatoms. The SMILES string of the molecule is CCCNC1CC(C)(C)P(c2ccccc2)C(C)(C)C1. The van der Waals surface area contributed by atoms with Gasteiger partial charge in [-0.2, -0.15) is 0 Å². The molecule has 1 fully saturated rings. The van der Waals surface area contributed by atoms with Crippen molar-refractivity contribution in [2.45, 2.75) is 70.2 Å². The van der Waals surface area contributed by atoms with E-state index in [-0.39, 0.29) is 7.92 Å². The van der Waals surface area contributed by atoms with Gasteiger partial charge in [-0.15, -0.1) is 0 Å². The van der Waals surface area contributed by atoms with E-state index in [1.165, 1.54) is 19.3 Å². The number of rotatable bonds is 4. The van der Waals surface area contributed by atoms with Crippen LogP contribution in [-0.2, 0) is 0 Å². The van der Waals surface area contributed by atoms with Gasteiger partial charge in [-0.25, -0.2) is 0 Å². The van der Waals surface area contributed by atoms with Crippen LogP contribution in [0.2, 0.25) is 0 Å². The van der Waals surface area contributed by atoms with Crippen LogP contribution in [0.4, 0.5) is 0 Å². The Morgan fingerprint density at radius 1 is 1.05 bits per heavy atom. The van der Waals surface area contributed by atoms with Gasteiger partial charge in [0.25, 0.3) is 0 Å². The molecule has 1 saturated heterocycles. The Labute approximate surface area is 126 Å². The second-order valence-corrected chi connectivity index (χ2v) is 11.0. The first kappa shape index (κ1) is 16.0. The molecule has 0 spiro atoms. The third-order valence-electron chi connectivity index (χ3n) is 4.40. The fourth-order valence-electron chi connectivity index (χ4n) is 4.05. The number of hydrogen-bond acceptors (Lipinski definition) is 1. The Kier molecular flexibility index (Phi) is 4.92. The zero-order chi connectivity index (χ0) is 14.8. The van der Waals surface area contributed by atoms with E-state index in [1.54, 1.807) is 5.30 Å². The minimum absolute atomic E-state index is 0.135. The third kappa shape index (κ3) is 3.43. The molecule has 0 unspecified atom stereocenters. The average molecular weight is 291 g/mol. The summed E-state index contributed by atoms with van der Waals surface area (Å²) in [5.41, 5.74) is 0. The fourth-order valence-corrected chi connectivity index (χ4v) is 8.36. The molecule has 1 aromatic rings. The minimum atomic E-state index is -0.135. The lowest BCUT2D eigenvalue weighted by Crippen LogP contribution is -2.49. The standard InChI is InChI=1S/C18H30NP/c1-6-12-19-15-13-17(2,3)20(18(4,5)14-15)16-10-8-7-9-11-16/h7-11,15,19H,6,12-14H2,1-5H3. The van der Waals surface area contributed by atoms with E-state index >= 15 is 0 Å². The highest BCUT2D eigenvalue weighted by molar-refractivity contribution is 7.68. The van der Waals surface area contributed by atoms with Gasteiger partial charge in [0.1, 0.15) is 0 Å². The molecule has 1 aliphatic rings. The van der Waals surface area contributed by atoms with E-state index in [2.05, 4.69) is 70.3 Å². The zero-order valence-corrected chi connectivity index (χ0v) is 14.6. The maximum atomic E-state index is 3.76. The van der Waals surface area contributed by atoms with Crippen molar-refractivity contribution in [3.8, 4) is 0 Å². The first-order valence-corrected chi connectivity index (χ1v) is 9.30. The van der Waals surface area contributed by atoms with Crippen LogP contribution in [0, 0.1) is 0 Å². The Morgan fingerprint density at radius 2 is 1.60 bits per heavy atom. The van der Waals surface area contributed by atoms with E-state index in [0.29, 0.717) is 16.4 Å². The molecule has 1 aliphatic heterocycles. The Morgan fingerprint density at radius 3 is 2.10 bits per heavy atom. The molecule has 1 nitrogen and oxygen atoms in total. The van der Waals surface area contributed by atoms with Gasteiger partial charge in [0.15, 0.2) is 0 Å². The summed E-state index contributed by atoms with van der Waals surface area (Å²) in [4.78, 5) is 0. The van der Waals surface area contributed by atoms with Crippen LogP contribution in [0.5, 0.6) is 0 Å². The van der Waals surface area contributed by atoms with E-state index in [0.717, 1.165) is 6.54 Å². The topological polar surface area (TPSA) is 12.0 Å². The lowest BCUT2D eigenvalue weighted by Gasteiger charge is -2.53. The lowest BCUT2D eigenvalue weighted by atomic mass is 9.93. The van der Waals surface area contributed by atoms with Gasteiger partial charge >= 0.3 is 0 Å². The van der Waals surface area contributed by atoms with Crippen molar-refractivity contribution in [2.24, 2.45) is 0 Å². The molecule has 0 aromatic heterocycles. The predicted octanol–water partition coefficient (Wildman–Crippen LogP) is 4.51. The summed E-state index contributed by atoms with van der Waals surface area (Å²) in [6, 6.07) is 11.9. The van der Waals surface area contributed by atoms with Crippen LogP contribution >= 0.6 is 7.92 Å². The van der Waals surface area contributed by atoms with Crippen LogP contribution in [0.25, 0.3) is 0 Å². The molecule has 0 aliphatic carbocycles. The summed E-state index contributed by atoms with van der Waals surface area (Å²) < 4.78 is 0. The van der Waals surface area contributed by atoms with Crippen molar-refractivity contribution < 1.29 is 0 Å². The Hall–Kier alpha value is -0.390. The largest absolute Gasteiger partial charge is 0.314 e. The van der Waals surface area contributed by atoms with E-state index in [9.17, 15) is 0 Å². The number of hydrogen-bond donors (Lipinski definition) is 1. The highest BCUT2D eigenvalue weighted by Gasteiger charge is 2.47. The van der Waals surface area contributed by atoms with Crippen molar-refractivity contribution in [1.29, 1.82) is 0 Å². The van der Waals surface area contributed by atoms with Gasteiger partial charge in [-0.05, 0) is 41.4 Å². The number of benzene rings is 1. The molecule has 2 rings (SSSR count). The smallest absolute Gasteiger partial charge is 0.00842 e. The van der Waals surface area contributed by atoms with Crippen LogP contribution in [-0.4, -0.2) is 22.9 Å². The predicted molar refractivity (Wildman–Crippen MR) is 92.5 cm³/mol. The monoisotopic (exact) mass is 291 g/mol. The van der Waals surface area contributed by atoms with E-state index in [4.69, 9.17) is 0 Å². The van der Waals surface area contributed by atoms with Gasteiger partial charge in [0.2, 0.25) is 0 Å². The van der Waals surface area contributed by atoms with Gasteiger partial charge in [0.05, 0.1) is 0 Å². The normalized spacial score (nSPS) is 28.2. The Balaban J connectivity index is 2.25. The quantitative estimate of drug-likeness (QED) is 0.805.